The minimum Gasteiger partial charge on any atom is -0.481 e. The van der Waals surface area contributed by atoms with Crippen LogP contribution >= 0.6 is 0 Å². The van der Waals surface area contributed by atoms with Crippen molar-refractivity contribution in [1.29, 1.82) is 0 Å². The van der Waals surface area contributed by atoms with Crippen LogP contribution in [0.15, 0.2) is 30.3 Å². The molecule has 1 aromatic rings. The summed E-state index contributed by atoms with van der Waals surface area (Å²) in [5.41, 5.74) is 7.02. The Morgan fingerprint density at radius 2 is 1.58 bits per heavy atom. The van der Waals surface area contributed by atoms with Crippen LogP contribution in [-0.4, -0.2) is 22.2 Å². The molecule has 0 aliphatic rings. The van der Waals surface area contributed by atoms with Crippen LogP contribution in [0.1, 0.15) is 44.2 Å². The Hall–Kier alpha value is -1.88. The van der Waals surface area contributed by atoms with Crippen LogP contribution in [0, 0.1) is 0 Å². The quantitative estimate of drug-likeness (QED) is 0.734. The lowest BCUT2D eigenvalue weighted by Crippen LogP contribution is -2.07. The van der Waals surface area contributed by atoms with Gasteiger partial charge in [0.05, 0.1) is 0 Å². The van der Waals surface area contributed by atoms with E-state index >= 15 is 0 Å². The molecular formula is C14H21NO4. The van der Waals surface area contributed by atoms with Gasteiger partial charge in [0.1, 0.15) is 0 Å². The first kappa shape index (κ1) is 17.1. The summed E-state index contributed by atoms with van der Waals surface area (Å²) < 4.78 is 0. The molecule has 0 saturated heterocycles. The molecule has 1 atom stereocenters. The lowest BCUT2D eigenvalue weighted by atomic mass is 10.1. The average Bonchev–Trinajstić information content (AvgIpc) is 2.38. The molecule has 5 heteroatoms. The summed E-state index contributed by atoms with van der Waals surface area (Å²) in [6.45, 7) is 2.09. The topological polar surface area (TPSA) is 101 Å². The predicted molar refractivity (Wildman–Crippen MR) is 72.8 cm³/mol. The molecule has 0 saturated carbocycles. The largest absolute Gasteiger partial charge is 0.481 e. The van der Waals surface area contributed by atoms with E-state index < -0.39 is 11.9 Å². The second kappa shape index (κ2) is 10.1. The van der Waals surface area contributed by atoms with E-state index in [4.69, 9.17) is 15.9 Å². The number of hydrogen-bond acceptors (Lipinski definition) is 3. The Morgan fingerprint density at radius 1 is 1.11 bits per heavy atom. The number of benzene rings is 1. The van der Waals surface area contributed by atoms with Gasteiger partial charge in [-0.25, -0.2) is 0 Å². The molecule has 1 unspecified atom stereocenters. The van der Waals surface area contributed by atoms with Crippen molar-refractivity contribution in [3.05, 3.63) is 35.9 Å². The maximum absolute atomic E-state index is 9.79. The van der Waals surface area contributed by atoms with Crippen LogP contribution in [0.3, 0.4) is 0 Å². The van der Waals surface area contributed by atoms with Gasteiger partial charge >= 0.3 is 11.9 Å². The SMILES string of the molecule is CCC(N)c1ccccc1.O=C(O)CCCC(=O)O. The molecule has 0 bridgehead atoms. The van der Waals surface area contributed by atoms with Gasteiger partial charge in [0.2, 0.25) is 0 Å². The third-order valence-corrected chi connectivity index (χ3v) is 2.45. The fourth-order valence-electron chi connectivity index (χ4n) is 1.33. The number of rotatable bonds is 6. The first-order valence-electron chi connectivity index (χ1n) is 6.21. The molecule has 0 heterocycles. The van der Waals surface area contributed by atoms with Gasteiger partial charge in [-0.05, 0) is 18.4 Å². The highest BCUT2D eigenvalue weighted by atomic mass is 16.4. The second-order valence-corrected chi connectivity index (χ2v) is 4.07. The number of carboxylic acids is 2. The van der Waals surface area contributed by atoms with E-state index in [2.05, 4.69) is 19.1 Å². The monoisotopic (exact) mass is 267 g/mol. The first-order valence-corrected chi connectivity index (χ1v) is 6.21. The highest BCUT2D eigenvalue weighted by Gasteiger charge is 2.00. The minimum absolute atomic E-state index is 0.0632. The Balaban J connectivity index is 0.000000344. The summed E-state index contributed by atoms with van der Waals surface area (Å²) in [5.74, 6) is -1.90. The normalized spacial score (nSPS) is 11.1. The molecule has 0 radical (unpaired) electrons. The predicted octanol–water partition coefficient (Wildman–Crippen LogP) is 2.42. The Labute approximate surface area is 113 Å². The number of carboxylic acid groups (broad SMARTS) is 2. The van der Waals surface area contributed by atoms with E-state index in [-0.39, 0.29) is 25.3 Å². The highest BCUT2D eigenvalue weighted by Crippen LogP contribution is 2.11. The first-order chi connectivity index (χ1) is 8.97. The molecule has 0 amide bonds. The van der Waals surface area contributed by atoms with E-state index in [1.54, 1.807) is 0 Å². The summed E-state index contributed by atoms with van der Waals surface area (Å²) in [4.78, 5) is 19.6. The van der Waals surface area contributed by atoms with E-state index in [0.29, 0.717) is 0 Å². The molecule has 0 aromatic heterocycles. The Kier molecular flexibility index (Phi) is 9.08. The van der Waals surface area contributed by atoms with E-state index in [1.807, 2.05) is 18.2 Å². The van der Waals surface area contributed by atoms with Gasteiger partial charge in [0, 0.05) is 18.9 Å². The summed E-state index contributed by atoms with van der Waals surface area (Å²) in [7, 11) is 0. The maximum atomic E-state index is 9.79. The van der Waals surface area contributed by atoms with Crippen molar-refractivity contribution in [1.82, 2.24) is 0 Å². The molecule has 19 heavy (non-hydrogen) atoms. The molecular weight excluding hydrogens is 246 g/mol. The fourth-order valence-corrected chi connectivity index (χ4v) is 1.33. The van der Waals surface area contributed by atoms with E-state index in [0.717, 1.165) is 6.42 Å². The highest BCUT2D eigenvalue weighted by molar-refractivity contribution is 5.69. The van der Waals surface area contributed by atoms with E-state index in [1.165, 1.54) is 5.56 Å². The van der Waals surface area contributed by atoms with Crippen LogP contribution in [0.4, 0.5) is 0 Å². The molecule has 0 aliphatic heterocycles. The van der Waals surface area contributed by atoms with Crippen molar-refractivity contribution in [2.24, 2.45) is 5.73 Å². The summed E-state index contributed by atoms with van der Waals surface area (Å²) in [6.07, 6.45) is 1.09. The molecule has 4 N–H and O–H groups in total. The number of carbonyl (C=O) groups is 2. The van der Waals surface area contributed by atoms with Crippen LogP contribution < -0.4 is 5.73 Å². The van der Waals surface area contributed by atoms with Crippen molar-refractivity contribution in [3.63, 3.8) is 0 Å². The van der Waals surface area contributed by atoms with Gasteiger partial charge in [-0.1, -0.05) is 37.3 Å². The molecule has 0 spiro atoms. The molecule has 106 valence electrons. The fraction of sp³-hybridized carbons (Fsp3) is 0.429. The molecule has 1 rings (SSSR count). The zero-order chi connectivity index (χ0) is 14.7. The number of aliphatic carboxylic acids is 2. The third kappa shape index (κ3) is 9.79. The maximum Gasteiger partial charge on any atom is 0.303 e. The Morgan fingerprint density at radius 3 is 1.95 bits per heavy atom. The van der Waals surface area contributed by atoms with Crippen molar-refractivity contribution in [2.45, 2.75) is 38.6 Å². The smallest absolute Gasteiger partial charge is 0.303 e. The third-order valence-electron chi connectivity index (χ3n) is 2.45. The van der Waals surface area contributed by atoms with Gasteiger partial charge in [-0.2, -0.15) is 0 Å². The van der Waals surface area contributed by atoms with Crippen LogP contribution in [-0.2, 0) is 9.59 Å². The lowest BCUT2D eigenvalue weighted by Gasteiger charge is -2.06. The second-order valence-electron chi connectivity index (χ2n) is 4.07. The zero-order valence-electron chi connectivity index (χ0n) is 11.1. The van der Waals surface area contributed by atoms with Crippen molar-refractivity contribution >= 4 is 11.9 Å². The number of hydrogen-bond donors (Lipinski definition) is 3. The van der Waals surface area contributed by atoms with Gasteiger partial charge < -0.3 is 15.9 Å². The summed E-state index contributed by atoms with van der Waals surface area (Å²) >= 11 is 0. The van der Waals surface area contributed by atoms with Crippen molar-refractivity contribution < 1.29 is 19.8 Å². The molecule has 0 fully saturated rings. The summed E-state index contributed by atoms with van der Waals surface area (Å²) in [5, 5.41) is 16.1. The van der Waals surface area contributed by atoms with E-state index in [9.17, 15) is 9.59 Å². The van der Waals surface area contributed by atoms with Crippen LogP contribution in [0.25, 0.3) is 0 Å². The minimum atomic E-state index is -0.948. The Bertz CT molecular complexity index is 364. The van der Waals surface area contributed by atoms with Gasteiger partial charge in [0.25, 0.3) is 0 Å². The molecule has 0 aliphatic carbocycles. The standard InChI is InChI=1S/C9H13N.C5H8O4/c1-2-9(10)8-6-4-3-5-7-8;6-4(7)2-1-3-5(8)9/h3-7,9H,2,10H2,1H3;1-3H2,(H,6,7)(H,8,9). The van der Waals surface area contributed by atoms with Crippen molar-refractivity contribution in [3.8, 4) is 0 Å². The van der Waals surface area contributed by atoms with Gasteiger partial charge in [-0.15, -0.1) is 0 Å². The summed E-state index contributed by atoms with van der Waals surface area (Å²) in [6, 6.07) is 10.4. The average molecular weight is 267 g/mol. The van der Waals surface area contributed by atoms with Crippen LogP contribution in [0.2, 0.25) is 0 Å². The lowest BCUT2D eigenvalue weighted by molar-refractivity contribution is -0.138. The molecule has 5 nitrogen and oxygen atoms in total. The van der Waals surface area contributed by atoms with Crippen LogP contribution in [0.5, 0.6) is 0 Å². The number of nitrogens with two attached hydrogens (primary N) is 1. The molecule has 1 aromatic carbocycles. The zero-order valence-corrected chi connectivity index (χ0v) is 11.1. The van der Waals surface area contributed by atoms with Crippen molar-refractivity contribution in [2.75, 3.05) is 0 Å². The van der Waals surface area contributed by atoms with Gasteiger partial charge in [-0.3, -0.25) is 9.59 Å². The van der Waals surface area contributed by atoms with Gasteiger partial charge in [0.15, 0.2) is 0 Å².